The molecule has 0 aliphatic heterocycles. The van der Waals surface area contributed by atoms with Crippen LogP contribution >= 0.6 is 0 Å². The van der Waals surface area contributed by atoms with E-state index < -0.39 is 0 Å². The maximum atomic E-state index is 9.65. The zero-order valence-electron chi connectivity index (χ0n) is 8.27. The highest BCUT2D eigenvalue weighted by Gasteiger charge is 2.06. The molecular weight excluding hydrogens is 178 g/mol. The zero-order chi connectivity index (χ0) is 10.1. The summed E-state index contributed by atoms with van der Waals surface area (Å²) in [6, 6.07) is 7.33. The second-order valence-corrected chi connectivity index (χ2v) is 3.51. The lowest BCUT2D eigenvalue weighted by molar-refractivity contribution is 0.0680. The fourth-order valence-corrected chi connectivity index (χ4v) is 1.46. The molecule has 0 aliphatic rings. The number of benzene rings is 1. The van der Waals surface area contributed by atoms with E-state index in [1.165, 1.54) is 0 Å². The summed E-state index contributed by atoms with van der Waals surface area (Å²) in [5.41, 5.74) is 0.723. The van der Waals surface area contributed by atoms with Crippen LogP contribution in [-0.4, -0.2) is 15.9 Å². The van der Waals surface area contributed by atoms with Crippen LogP contribution in [0.5, 0.6) is 5.75 Å². The number of phenolic OH excluding ortho intramolecular Hbond substituents is 1. The molecule has 3 heteroatoms. The number of phenols is 1. The molecule has 14 heavy (non-hydrogen) atoms. The van der Waals surface area contributed by atoms with Gasteiger partial charge < -0.3 is 9.94 Å². The van der Waals surface area contributed by atoms with E-state index in [2.05, 4.69) is 0 Å². The first-order chi connectivity index (χ1) is 6.68. The molecule has 74 valence electrons. The zero-order valence-corrected chi connectivity index (χ0v) is 8.27. The molecule has 2 rings (SSSR count). The van der Waals surface area contributed by atoms with Gasteiger partial charge in [-0.25, -0.2) is 0 Å². The Kier molecular flexibility index (Phi) is 2.08. The fourth-order valence-electron chi connectivity index (χ4n) is 1.46. The summed E-state index contributed by atoms with van der Waals surface area (Å²) in [6.45, 7) is 3.90. The summed E-state index contributed by atoms with van der Waals surface area (Å²) < 4.78 is 1.61. The van der Waals surface area contributed by atoms with Crippen LogP contribution in [0.15, 0.2) is 30.5 Å². The van der Waals surface area contributed by atoms with Crippen LogP contribution in [0.25, 0.3) is 10.9 Å². The molecule has 0 fully saturated rings. The van der Waals surface area contributed by atoms with Crippen molar-refractivity contribution in [1.29, 1.82) is 0 Å². The van der Waals surface area contributed by atoms with Crippen LogP contribution in [0.4, 0.5) is 0 Å². The van der Waals surface area contributed by atoms with Gasteiger partial charge in [-0.15, -0.1) is 0 Å². The Labute approximate surface area is 82.5 Å². The number of aromatic nitrogens is 1. The molecule has 0 saturated carbocycles. The normalized spacial score (nSPS) is 11.1. The van der Waals surface area contributed by atoms with Crippen molar-refractivity contribution in [2.75, 3.05) is 0 Å². The highest BCUT2D eigenvalue weighted by atomic mass is 16.7. The van der Waals surface area contributed by atoms with Crippen molar-refractivity contribution in [2.24, 2.45) is 0 Å². The van der Waals surface area contributed by atoms with Crippen molar-refractivity contribution in [2.45, 2.75) is 20.0 Å². The number of nitrogens with zero attached hydrogens (tertiary/aromatic N) is 1. The van der Waals surface area contributed by atoms with E-state index in [0.29, 0.717) is 0 Å². The third kappa shape index (κ3) is 1.41. The van der Waals surface area contributed by atoms with Gasteiger partial charge in [0.1, 0.15) is 17.4 Å². The Morgan fingerprint density at radius 3 is 2.79 bits per heavy atom. The first kappa shape index (κ1) is 8.94. The molecular formula is C11H13NO2. The smallest absolute Gasteiger partial charge is 0.143 e. The topological polar surface area (TPSA) is 34.4 Å². The number of fused-ring (bicyclic) bond motifs is 1. The van der Waals surface area contributed by atoms with E-state index in [9.17, 15) is 5.11 Å². The molecule has 3 nitrogen and oxygen atoms in total. The number of para-hydroxylation sites is 1. The quantitative estimate of drug-likeness (QED) is 0.789. The lowest BCUT2D eigenvalue weighted by Gasteiger charge is -2.11. The molecule has 1 aromatic carbocycles. The van der Waals surface area contributed by atoms with Gasteiger partial charge in [0, 0.05) is 11.6 Å². The van der Waals surface area contributed by atoms with Crippen LogP contribution < -0.4 is 4.84 Å². The van der Waals surface area contributed by atoms with Gasteiger partial charge in [-0.3, -0.25) is 0 Å². The van der Waals surface area contributed by atoms with Gasteiger partial charge in [-0.05, 0) is 26.0 Å². The predicted molar refractivity (Wildman–Crippen MR) is 55.3 cm³/mol. The molecule has 1 N–H and O–H groups in total. The second kappa shape index (κ2) is 3.25. The summed E-state index contributed by atoms with van der Waals surface area (Å²) in [5.74, 6) is 0.244. The lowest BCUT2D eigenvalue weighted by atomic mass is 10.2. The predicted octanol–water partition coefficient (Wildman–Crippen LogP) is 2.18. The van der Waals surface area contributed by atoms with E-state index in [4.69, 9.17) is 4.84 Å². The molecule has 0 spiro atoms. The summed E-state index contributed by atoms with van der Waals surface area (Å²) in [6.07, 6.45) is 1.90. The maximum Gasteiger partial charge on any atom is 0.143 e. The van der Waals surface area contributed by atoms with Crippen LogP contribution in [0, 0.1) is 0 Å². The van der Waals surface area contributed by atoms with Crippen molar-refractivity contribution >= 4 is 10.9 Å². The minimum Gasteiger partial charge on any atom is -0.506 e. The van der Waals surface area contributed by atoms with Crippen molar-refractivity contribution in [3.63, 3.8) is 0 Å². The van der Waals surface area contributed by atoms with Gasteiger partial charge in [0.15, 0.2) is 0 Å². The van der Waals surface area contributed by atoms with Gasteiger partial charge in [0.2, 0.25) is 0 Å². The SMILES string of the molecule is CC(C)On1ccc2cccc(O)c21. The molecule has 0 saturated heterocycles. The minimum absolute atomic E-state index is 0.0882. The van der Waals surface area contributed by atoms with E-state index >= 15 is 0 Å². The van der Waals surface area contributed by atoms with Crippen molar-refractivity contribution in [3.8, 4) is 5.75 Å². The third-order valence-electron chi connectivity index (χ3n) is 1.98. The second-order valence-electron chi connectivity index (χ2n) is 3.51. The summed E-state index contributed by atoms with van der Waals surface area (Å²) >= 11 is 0. The number of rotatable bonds is 2. The van der Waals surface area contributed by atoms with Crippen LogP contribution in [0.3, 0.4) is 0 Å². The average Bonchev–Trinajstić information content (AvgIpc) is 2.49. The number of hydrogen-bond donors (Lipinski definition) is 1. The molecule has 0 atom stereocenters. The van der Waals surface area contributed by atoms with Gasteiger partial charge in [-0.2, -0.15) is 4.73 Å². The molecule has 0 amide bonds. The van der Waals surface area contributed by atoms with Gasteiger partial charge in [0.05, 0.1) is 0 Å². The van der Waals surface area contributed by atoms with Crippen molar-refractivity contribution in [1.82, 2.24) is 4.73 Å². The molecule has 1 heterocycles. The molecule has 0 bridgehead atoms. The first-order valence-electron chi connectivity index (χ1n) is 4.64. The monoisotopic (exact) mass is 191 g/mol. The highest BCUT2D eigenvalue weighted by Crippen LogP contribution is 2.24. The van der Waals surface area contributed by atoms with Crippen molar-refractivity contribution < 1.29 is 9.94 Å². The standard InChI is InChI=1S/C11H13NO2/c1-8(2)14-12-7-6-9-4-3-5-10(13)11(9)12/h3-8,13H,1-2H3. The highest BCUT2D eigenvalue weighted by molar-refractivity contribution is 5.85. The van der Waals surface area contributed by atoms with Gasteiger partial charge >= 0.3 is 0 Å². The van der Waals surface area contributed by atoms with Crippen LogP contribution in [0.2, 0.25) is 0 Å². The molecule has 0 aliphatic carbocycles. The third-order valence-corrected chi connectivity index (χ3v) is 1.98. The van der Waals surface area contributed by atoms with E-state index in [0.717, 1.165) is 10.9 Å². The Morgan fingerprint density at radius 2 is 2.07 bits per heavy atom. The Hall–Kier alpha value is -1.64. The number of aromatic hydroxyl groups is 1. The lowest BCUT2D eigenvalue weighted by Crippen LogP contribution is -2.17. The molecule has 0 unspecified atom stereocenters. The van der Waals surface area contributed by atoms with E-state index in [1.807, 2.05) is 38.2 Å². The Morgan fingerprint density at radius 1 is 1.29 bits per heavy atom. The summed E-state index contributed by atoms with van der Waals surface area (Å²) in [5, 5.41) is 10.6. The van der Waals surface area contributed by atoms with Gasteiger partial charge in [0.25, 0.3) is 0 Å². The fraction of sp³-hybridized carbons (Fsp3) is 0.273. The maximum absolute atomic E-state index is 9.65. The van der Waals surface area contributed by atoms with Gasteiger partial charge in [-0.1, -0.05) is 12.1 Å². The van der Waals surface area contributed by atoms with Crippen molar-refractivity contribution in [3.05, 3.63) is 30.5 Å². The Bertz CT molecular complexity index is 445. The first-order valence-corrected chi connectivity index (χ1v) is 4.64. The van der Waals surface area contributed by atoms with E-state index in [-0.39, 0.29) is 11.9 Å². The average molecular weight is 191 g/mol. The van der Waals surface area contributed by atoms with E-state index in [1.54, 1.807) is 10.8 Å². The molecule has 0 radical (unpaired) electrons. The molecule has 1 aromatic heterocycles. The largest absolute Gasteiger partial charge is 0.506 e. The summed E-state index contributed by atoms with van der Waals surface area (Å²) in [4.78, 5) is 5.50. The Balaban J connectivity index is 2.55. The molecule has 2 aromatic rings. The minimum atomic E-state index is 0.0882. The van der Waals surface area contributed by atoms with Crippen LogP contribution in [-0.2, 0) is 0 Å². The van der Waals surface area contributed by atoms with Crippen LogP contribution in [0.1, 0.15) is 13.8 Å². The summed E-state index contributed by atoms with van der Waals surface area (Å²) in [7, 11) is 0. The number of hydrogen-bond acceptors (Lipinski definition) is 2.